The number of rotatable bonds is 9. The Morgan fingerprint density at radius 3 is 2.24 bits per heavy atom. The highest BCUT2D eigenvalue weighted by molar-refractivity contribution is 6.04. The molecular formula is C19H27N3O7. The lowest BCUT2D eigenvalue weighted by molar-refractivity contribution is -0.161. The fourth-order valence-electron chi connectivity index (χ4n) is 2.01. The van der Waals surface area contributed by atoms with Crippen LogP contribution in [0.1, 0.15) is 32.8 Å². The van der Waals surface area contributed by atoms with Crippen LogP contribution in [0.15, 0.2) is 30.3 Å². The lowest BCUT2D eigenvalue weighted by Crippen LogP contribution is -2.62. The lowest BCUT2D eigenvalue weighted by atomic mass is 10.0. The summed E-state index contributed by atoms with van der Waals surface area (Å²) in [6.45, 7) is 4.24. The summed E-state index contributed by atoms with van der Waals surface area (Å²) >= 11 is 0. The second-order valence-corrected chi connectivity index (χ2v) is 7.29. The van der Waals surface area contributed by atoms with Gasteiger partial charge in [-0.1, -0.05) is 30.3 Å². The maximum atomic E-state index is 12.2. The molecule has 0 aromatic heterocycles. The summed E-state index contributed by atoms with van der Waals surface area (Å²) in [5.41, 5.74) is 3.21. The van der Waals surface area contributed by atoms with Crippen LogP contribution in [0.25, 0.3) is 0 Å². The van der Waals surface area contributed by atoms with E-state index in [9.17, 15) is 24.3 Å². The van der Waals surface area contributed by atoms with E-state index in [-0.39, 0.29) is 19.6 Å². The summed E-state index contributed by atoms with van der Waals surface area (Å²) < 4.78 is 10.00. The van der Waals surface area contributed by atoms with Crippen LogP contribution < -0.4 is 16.4 Å². The zero-order valence-electron chi connectivity index (χ0n) is 16.7. The molecule has 1 atom stereocenters. The molecule has 5 N–H and O–H groups in total. The maximum absolute atomic E-state index is 12.2. The van der Waals surface area contributed by atoms with Crippen LogP contribution >= 0.6 is 0 Å². The molecule has 0 fully saturated rings. The molecule has 0 saturated carbocycles. The molecule has 0 aliphatic carbocycles. The summed E-state index contributed by atoms with van der Waals surface area (Å²) in [5.74, 6) is -3.42. The van der Waals surface area contributed by atoms with E-state index in [0.717, 1.165) is 0 Å². The van der Waals surface area contributed by atoms with Gasteiger partial charge in [0.05, 0.1) is 6.54 Å². The van der Waals surface area contributed by atoms with Crippen LogP contribution in [0.3, 0.4) is 0 Å². The first-order chi connectivity index (χ1) is 13.4. The van der Waals surface area contributed by atoms with Crippen LogP contribution in [0.5, 0.6) is 0 Å². The Morgan fingerprint density at radius 2 is 1.69 bits per heavy atom. The van der Waals surface area contributed by atoms with Crippen molar-refractivity contribution in [1.29, 1.82) is 0 Å². The fourth-order valence-corrected chi connectivity index (χ4v) is 2.01. The van der Waals surface area contributed by atoms with Crippen LogP contribution in [-0.4, -0.2) is 53.3 Å². The first-order valence-corrected chi connectivity index (χ1v) is 8.91. The Bertz CT molecular complexity index is 731. The molecule has 0 aliphatic rings. The Morgan fingerprint density at radius 1 is 1.07 bits per heavy atom. The van der Waals surface area contributed by atoms with Crippen molar-refractivity contribution in [3.8, 4) is 0 Å². The van der Waals surface area contributed by atoms with Gasteiger partial charge in [-0.2, -0.15) is 0 Å². The monoisotopic (exact) mass is 409 g/mol. The van der Waals surface area contributed by atoms with Crippen LogP contribution in [0, 0.1) is 0 Å². The molecule has 1 rings (SSSR count). The van der Waals surface area contributed by atoms with Gasteiger partial charge in [0.25, 0.3) is 0 Å². The van der Waals surface area contributed by atoms with E-state index >= 15 is 0 Å². The minimum absolute atomic E-state index is 0.0379. The number of amides is 2. The molecule has 1 aromatic carbocycles. The molecule has 0 saturated heterocycles. The van der Waals surface area contributed by atoms with Crippen molar-refractivity contribution in [1.82, 2.24) is 10.6 Å². The molecule has 0 heterocycles. The normalized spacial score (nSPS) is 13.0. The maximum Gasteiger partial charge on any atom is 0.407 e. The van der Waals surface area contributed by atoms with Crippen LogP contribution in [0.4, 0.5) is 4.79 Å². The van der Waals surface area contributed by atoms with E-state index < -0.39 is 41.6 Å². The van der Waals surface area contributed by atoms with Gasteiger partial charge >= 0.3 is 18.0 Å². The second kappa shape index (κ2) is 10.4. The largest absolute Gasteiger partial charge is 0.479 e. The molecule has 10 heteroatoms. The number of hydrogen-bond donors (Lipinski definition) is 4. The van der Waals surface area contributed by atoms with Crippen molar-refractivity contribution in [3.63, 3.8) is 0 Å². The average molecular weight is 409 g/mol. The quantitative estimate of drug-likeness (QED) is 0.340. The van der Waals surface area contributed by atoms with Crippen molar-refractivity contribution < 1.29 is 33.8 Å². The van der Waals surface area contributed by atoms with Crippen LogP contribution in [0.2, 0.25) is 0 Å². The molecule has 29 heavy (non-hydrogen) atoms. The van der Waals surface area contributed by atoms with Crippen molar-refractivity contribution in [2.45, 2.75) is 44.9 Å². The number of carboxylic acid groups (broad SMARTS) is 1. The molecule has 2 amide bonds. The third-order valence-electron chi connectivity index (χ3n) is 3.54. The van der Waals surface area contributed by atoms with Gasteiger partial charge in [-0.25, -0.2) is 14.4 Å². The van der Waals surface area contributed by atoms with E-state index in [1.165, 1.54) is 0 Å². The van der Waals surface area contributed by atoms with E-state index in [1.54, 1.807) is 51.1 Å². The number of aliphatic carboxylic acids is 1. The molecule has 1 aromatic rings. The number of carbonyl (C=O) groups excluding carboxylic acids is 3. The molecular weight excluding hydrogens is 382 g/mol. The highest BCUT2D eigenvalue weighted by Crippen LogP contribution is 2.08. The minimum atomic E-state index is -2.44. The zero-order chi connectivity index (χ0) is 22.1. The van der Waals surface area contributed by atoms with Gasteiger partial charge in [0, 0.05) is 13.0 Å². The van der Waals surface area contributed by atoms with Crippen molar-refractivity contribution in [3.05, 3.63) is 35.9 Å². The van der Waals surface area contributed by atoms with E-state index in [2.05, 4.69) is 10.6 Å². The third kappa shape index (κ3) is 8.60. The van der Waals surface area contributed by atoms with E-state index in [0.29, 0.717) is 5.56 Å². The number of carbonyl (C=O) groups is 4. The highest BCUT2D eigenvalue weighted by atomic mass is 16.6. The summed E-state index contributed by atoms with van der Waals surface area (Å²) in [6.07, 6.45) is -0.845. The predicted molar refractivity (Wildman–Crippen MR) is 103 cm³/mol. The Labute approximate surface area is 168 Å². The van der Waals surface area contributed by atoms with Crippen molar-refractivity contribution >= 4 is 23.9 Å². The molecule has 0 radical (unpaired) electrons. The number of hydrogen-bond acceptors (Lipinski definition) is 7. The van der Waals surface area contributed by atoms with Crippen molar-refractivity contribution in [2.75, 3.05) is 13.1 Å². The first kappa shape index (κ1) is 23.9. The molecule has 0 spiro atoms. The number of nitrogens with one attached hydrogen (secondary N) is 2. The third-order valence-corrected chi connectivity index (χ3v) is 3.54. The standard InChI is InChI=1S/C19H27N3O7/c1-18(2,3)29-17(27)21-10-9-14(23)22-12-19(20,15(24)25)16(26)28-11-13-7-5-4-6-8-13/h4-8H,9-12,20H2,1-3H3,(H,21,27)(H,22,23)(H,24,25). The summed E-state index contributed by atoms with van der Waals surface area (Å²) in [7, 11) is 0. The number of nitrogens with two attached hydrogens (primary N) is 1. The SMILES string of the molecule is CC(C)(C)OC(=O)NCCC(=O)NCC(N)(C(=O)O)C(=O)OCc1ccccc1. The average Bonchev–Trinajstić information content (AvgIpc) is 2.63. The number of benzene rings is 1. The number of ether oxygens (including phenoxy) is 2. The summed E-state index contributed by atoms with van der Waals surface area (Å²) in [5, 5.41) is 14.0. The number of carboxylic acids is 1. The van der Waals surface area contributed by atoms with Gasteiger partial charge in [0.15, 0.2) is 0 Å². The fraction of sp³-hybridized carbons (Fsp3) is 0.474. The molecule has 10 nitrogen and oxygen atoms in total. The summed E-state index contributed by atoms with van der Waals surface area (Å²) in [6, 6.07) is 8.66. The van der Waals surface area contributed by atoms with Gasteiger partial charge in [-0.05, 0) is 26.3 Å². The molecule has 0 bridgehead atoms. The smallest absolute Gasteiger partial charge is 0.407 e. The summed E-state index contributed by atoms with van der Waals surface area (Å²) in [4.78, 5) is 47.0. The lowest BCUT2D eigenvalue weighted by Gasteiger charge is -2.23. The topological polar surface area (TPSA) is 157 Å². The predicted octanol–water partition coefficient (Wildman–Crippen LogP) is 0.543. The molecule has 1 unspecified atom stereocenters. The van der Waals surface area contributed by atoms with E-state index in [1.807, 2.05) is 0 Å². The van der Waals surface area contributed by atoms with E-state index in [4.69, 9.17) is 15.2 Å². The second-order valence-electron chi connectivity index (χ2n) is 7.29. The molecule has 160 valence electrons. The van der Waals surface area contributed by atoms with Gasteiger partial charge < -0.3 is 30.9 Å². The minimum Gasteiger partial charge on any atom is -0.479 e. The zero-order valence-corrected chi connectivity index (χ0v) is 16.7. The Kier molecular flexibility index (Phi) is 8.58. The van der Waals surface area contributed by atoms with Gasteiger partial charge in [0.1, 0.15) is 12.2 Å². The Hall–Kier alpha value is -3.14. The van der Waals surface area contributed by atoms with Gasteiger partial charge in [0.2, 0.25) is 11.4 Å². The Balaban J connectivity index is 2.49. The molecule has 0 aliphatic heterocycles. The van der Waals surface area contributed by atoms with Gasteiger partial charge in [-0.15, -0.1) is 0 Å². The van der Waals surface area contributed by atoms with Gasteiger partial charge in [-0.3, -0.25) is 4.79 Å². The highest BCUT2D eigenvalue weighted by Gasteiger charge is 2.44. The first-order valence-electron chi connectivity index (χ1n) is 8.91. The van der Waals surface area contributed by atoms with Crippen LogP contribution in [-0.2, 0) is 30.5 Å². The van der Waals surface area contributed by atoms with Crippen molar-refractivity contribution in [2.24, 2.45) is 5.73 Å². The number of esters is 1. The number of alkyl carbamates (subject to hydrolysis) is 1.